The summed E-state index contributed by atoms with van der Waals surface area (Å²) in [4.78, 5) is 0. The average Bonchev–Trinajstić information content (AvgIpc) is 2.27. The van der Waals surface area contributed by atoms with Crippen molar-refractivity contribution >= 4 is 0 Å². The van der Waals surface area contributed by atoms with E-state index < -0.39 is 12.3 Å². The lowest BCUT2D eigenvalue weighted by molar-refractivity contribution is -1.13. The van der Waals surface area contributed by atoms with Gasteiger partial charge in [-0.2, -0.15) is 4.65 Å². The summed E-state index contributed by atoms with van der Waals surface area (Å²) in [5.41, 5.74) is 0. The lowest BCUT2D eigenvalue weighted by atomic mass is 9.97. The third-order valence-electron chi connectivity index (χ3n) is 2.91. The molecule has 2 saturated heterocycles. The van der Waals surface area contributed by atoms with Crippen molar-refractivity contribution in [3.05, 3.63) is 0 Å². The zero-order valence-corrected chi connectivity index (χ0v) is 6.35. The molecule has 0 saturated carbocycles. The minimum Gasteiger partial charge on any atom is -0.384 e. The normalized spacial score (nSPS) is 56.5. The van der Waals surface area contributed by atoms with E-state index in [0.29, 0.717) is 25.4 Å². The number of aliphatic hydroxyl groups is 2. The summed E-state index contributed by atoms with van der Waals surface area (Å²) >= 11 is 0. The van der Waals surface area contributed by atoms with Gasteiger partial charge in [0.05, 0.1) is 0 Å². The second kappa shape index (κ2) is 2.17. The second-order valence-corrected chi connectivity index (χ2v) is 3.76. The fraction of sp³-hybridized carbons (Fsp3) is 1.00. The van der Waals surface area contributed by atoms with Crippen molar-refractivity contribution in [2.45, 2.75) is 25.2 Å². The maximum atomic E-state index is 9.69. The van der Waals surface area contributed by atoms with Gasteiger partial charge in [-0.1, -0.05) is 0 Å². The number of fused-ring (bicyclic) bond motifs is 2. The van der Waals surface area contributed by atoms with E-state index in [0.717, 1.165) is 6.42 Å². The van der Waals surface area contributed by atoms with Crippen LogP contribution in [-0.4, -0.2) is 45.5 Å². The average molecular weight is 160 g/mol. The third kappa shape index (κ3) is 0.980. The lowest BCUT2D eigenvalue weighted by Gasteiger charge is -2.36. The summed E-state index contributed by atoms with van der Waals surface area (Å²) in [6.45, 7) is 1.20. The Bertz CT molecular complexity index is 175. The second-order valence-electron chi connectivity index (χ2n) is 3.76. The first kappa shape index (κ1) is 7.49. The molecule has 2 heterocycles. The lowest BCUT2D eigenvalue weighted by Crippen LogP contribution is -2.59. The molecule has 4 unspecified atom stereocenters. The fourth-order valence-electron chi connectivity index (χ4n) is 2.25. The first-order valence-corrected chi connectivity index (χ1v) is 4.07. The highest BCUT2D eigenvalue weighted by molar-refractivity contribution is 4.77. The van der Waals surface area contributed by atoms with E-state index in [1.165, 1.54) is 0 Å². The number of nitrogens with zero attached hydrogens (tertiary/aromatic N) is 1. The molecule has 4 nitrogen and oxygen atoms in total. The van der Waals surface area contributed by atoms with E-state index in [9.17, 15) is 15.4 Å². The summed E-state index contributed by atoms with van der Waals surface area (Å²) < 4.78 is -0.328. The van der Waals surface area contributed by atoms with Gasteiger partial charge >= 0.3 is 0 Å². The van der Waals surface area contributed by atoms with Crippen LogP contribution in [0.25, 0.3) is 0 Å². The van der Waals surface area contributed by atoms with Crippen LogP contribution in [0.1, 0.15) is 12.8 Å². The Balaban J connectivity index is 2.21. The van der Waals surface area contributed by atoms with Gasteiger partial charge in [0.15, 0.2) is 0 Å². The Labute approximate surface area is 65.2 Å². The van der Waals surface area contributed by atoms with Crippen molar-refractivity contribution in [3.63, 3.8) is 0 Å². The zero-order chi connectivity index (χ0) is 8.06. The number of rotatable bonds is 0. The van der Waals surface area contributed by atoms with E-state index in [1.807, 2.05) is 0 Å². The number of hydroxylamine groups is 3. The Morgan fingerprint density at radius 1 is 1.27 bits per heavy atom. The molecule has 64 valence electrons. The number of piperidine rings is 1. The van der Waals surface area contributed by atoms with Crippen LogP contribution in [0.2, 0.25) is 0 Å². The molecule has 2 aliphatic rings. The van der Waals surface area contributed by atoms with Gasteiger partial charge in [0.2, 0.25) is 6.23 Å². The van der Waals surface area contributed by atoms with Gasteiger partial charge in [-0.15, -0.1) is 0 Å². The summed E-state index contributed by atoms with van der Waals surface area (Å²) in [5.74, 6) is 0.401. The van der Waals surface area contributed by atoms with Gasteiger partial charge in [0.25, 0.3) is 0 Å². The quantitative estimate of drug-likeness (QED) is 0.410. The molecule has 0 aromatic carbocycles. The van der Waals surface area contributed by atoms with Crippen LogP contribution in [-0.2, 0) is 0 Å². The molecule has 0 amide bonds. The van der Waals surface area contributed by atoms with Crippen molar-refractivity contribution in [2.75, 3.05) is 13.1 Å². The standard InChI is InChI=1S/C7H14NO3/c9-6-3-5-1-2-8(11,4-5)7(6)10/h5-7,9-11H,1-4H2/q+1. The highest BCUT2D eigenvalue weighted by Gasteiger charge is 2.52. The van der Waals surface area contributed by atoms with Crippen LogP contribution in [0.5, 0.6) is 0 Å². The summed E-state index contributed by atoms with van der Waals surface area (Å²) in [5, 5.41) is 28.4. The van der Waals surface area contributed by atoms with Crippen LogP contribution in [0.3, 0.4) is 0 Å². The minimum absolute atomic E-state index is 0.328. The van der Waals surface area contributed by atoms with E-state index in [2.05, 4.69) is 0 Å². The first-order chi connectivity index (χ1) is 5.12. The van der Waals surface area contributed by atoms with Gasteiger partial charge < -0.3 is 10.2 Å². The van der Waals surface area contributed by atoms with Crippen LogP contribution < -0.4 is 0 Å². The van der Waals surface area contributed by atoms with Gasteiger partial charge in [-0.3, -0.25) is 0 Å². The predicted octanol–water partition coefficient (Wildman–Crippen LogP) is -0.705. The van der Waals surface area contributed by atoms with Crippen molar-refractivity contribution < 1.29 is 20.1 Å². The Morgan fingerprint density at radius 2 is 2.00 bits per heavy atom. The number of hydrogen-bond donors (Lipinski definition) is 3. The minimum atomic E-state index is -0.978. The van der Waals surface area contributed by atoms with Crippen molar-refractivity contribution in [3.8, 4) is 0 Å². The molecule has 4 atom stereocenters. The van der Waals surface area contributed by atoms with Crippen LogP contribution >= 0.6 is 0 Å². The predicted molar refractivity (Wildman–Crippen MR) is 36.5 cm³/mol. The molecule has 2 rings (SSSR count). The maximum Gasteiger partial charge on any atom is 0.247 e. The number of aliphatic hydroxyl groups excluding tert-OH is 2. The SMILES string of the molecule is OC1CC2CC[N+](O)(C2)C1O. The molecule has 0 aromatic rings. The molecule has 2 bridgehead atoms. The van der Waals surface area contributed by atoms with Gasteiger partial charge in [0, 0.05) is 12.3 Å². The first-order valence-electron chi connectivity index (χ1n) is 4.07. The smallest absolute Gasteiger partial charge is 0.247 e. The molecule has 3 N–H and O–H groups in total. The number of hydrogen-bond acceptors (Lipinski definition) is 3. The molecular formula is C7H14NO3+. The topological polar surface area (TPSA) is 60.7 Å². The Morgan fingerprint density at radius 3 is 2.73 bits per heavy atom. The number of quaternary nitrogens is 1. The van der Waals surface area contributed by atoms with Gasteiger partial charge in [0.1, 0.15) is 19.2 Å². The van der Waals surface area contributed by atoms with Crippen molar-refractivity contribution in [1.29, 1.82) is 0 Å². The molecule has 0 spiro atoms. The van der Waals surface area contributed by atoms with Crippen molar-refractivity contribution in [2.24, 2.45) is 5.92 Å². The van der Waals surface area contributed by atoms with Crippen LogP contribution in [0.4, 0.5) is 0 Å². The van der Waals surface area contributed by atoms with Crippen molar-refractivity contribution in [1.82, 2.24) is 0 Å². The summed E-state index contributed by atoms with van der Waals surface area (Å²) in [6, 6.07) is 0. The molecule has 2 aliphatic heterocycles. The molecule has 0 aromatic heterocycles. The molecule has 4 heteroatoms. The third-order valence-corrected chi connectivity index (χ3v) is 2.91. The van der Waals surface area contributed by atoms with Gasteiger partial charge in [-0.05, 0) is 6.42 Å². The van der Waals surface area contributed by atoms with E-state index >= 15 is 0 Å². The highest BCUT2D eigenvalue weighted by Crippen LogP contribution is 2.35. The van der Waals surface area contributed by atoms with E-state index in [1.54, 1.807) is 0 Å². The highest BCUT2D eigenvalue weighted by atomic mass is 16.6. The van der Waals surface area contributed by atoms with Crippen LogP contribution in [0, 0.1) is 5.92 Å². The van der Waals surface area contributed by atoms with E-state index in [4.69, 9.17) is 0 Å². The molecule has 2 fully saturated rings. The van der Waals surface area contributed by atoms with Gasteiger partial charge in [-0.25, -0.2) is 5.21 Å². The summed E-state index contributed by atoms with van der Waals surface area (Å²) in [7, 11) is 0. The molecule has 11 heavy (non-hydrogen) atoms. The summed E-state index contributed by atoms with van der Waals surface area (Å²) in [6.07, 6.45) is -0.151. The maximum absolute atomic E-state index is 9.69. The monoisotopic (exact) mass is 160 g/mol. The largest absolute Gasteiger partial charge is 0.384 e. The molecular weight excluding hydrogens is 146 g/mol. The molecule has 0 radical (unpaired) electrons. The van der Waals surface area contributed by atoms with Crippen LogP contribution in [0.15, 0.2) is 0 Å². The molecule has 0 aliphatic carbocycles. The Kier molecular flexibility index (Phi) is 1.47. The zero-order valence-electron chi connectivity index (χ0n) is 6.35. The Hall–Kier alpha value is -0.160. The fourth-order valence-corrected chi connectivity index (χ4v) is 2.25. The van der Waals surface area contributed by atoms with E-state index in [-0.39, 0.29) is 4.65 Å².